The van der Waals surface area contributed by atoms with Crippen LogP contribution in [-0.2, 0) is 0 Å². The van der Waals surface area contributed by atoms with Crippen molar-refractivity contribution in [3.8, 4) is 6.07 Å². The van der Waals surface area contributed by atoms with Crippen molar-refractivity contribution in [2.24, 2.45) is 0 Å². The average molecular weight is 243 g/mol. The zero-order valence-corrected chi connectivity index (χ0v) is 8.26. The van der Waals surface area contributed by atoms with E-state index < -0.39 is 40.9 Å². The van der Waals surface area contributed by atoms with Gasteiger partial charge in [-0.25, -0.2) is 13.6 Å². The Labute approximate surface area is 94.2 Å². The summed E-state index contributed by atoms with van der Waals surface area (Å²) in [5.74, 6) is -4.15. The van der Waals surface area contributed by atoms with Gasteiger partial charge in [-0.15, -0.1) is 0 Å². The molecule has 0 fully saturated rings. The molecular formula is C10H7F2NO4. The van der Waals surface area contributed by atoms with E-state index in [4.69, 9.17) is 15.5 Å². The van der Waals surface area contributed by atoms with Gasteiger partial charge in [0.1, 0.15) is 17.7 Å². The van der Waals surface area contributed by atoms with E-state index in [1.54, 1.807) is 0 Å². The topological polar surface area (TPSA) is 102 Å². The molecule has 1 aromatic rings. The van der Waals surface area contributed by atoms with E-state index in [1.807, 2.05) is 0 Å². The van der Waals surface area contributed by atoms with Crippen LogP contribution in [0.3, 0.4) is 0 Å². The summed E-state index contributed by atoms with van der Waals surface area (Å²) in [5, 5.41) is 35.1. The van der Waals surface area contributed by atoms with Gasteiger partial charge in [-0.3, -0.25) is 0 Å². The molecule has 0 aliphatic rings. The fourth-order valence-electron chi connectivity index (χ4n) is 1.19. The minimum absolute atomic E-state index is 0.375. The Morgan fingerprint density at radius 3 is 2.35 bits per heavy atom. The van der Waals surface area contributed by atoms with Crippen molar-refractivity contribution >= 4 is 5.97 Å². The quantitative estimate of drug-likeness (QED) is 0.674. The minimum atomic E-state index is -1.95. The molecule has 2 unspecified atom stereocenters. The lowest BCUT2D eigenvalue weighted by Gasteiger charge is -2.13. The minimum Gasteiger partial charge on any atom is -0.478 e. The molecule has 0 radical (unpaired) electrons. The molecular weight excluding hydrogens is 236 g/mol. The normalized spacial score (nSPS) is 13.8. The Balaban J connectivity index is 3.26. The van der Waals surface area contributed by atoms with Crippen molar-refractivity contribution in [2.45, 2.75) is 12.2 Å². The first kappa shape index (κ1) is 13.0. The van der Waals surface area contributed by atoms with Crippen molar-refractivity contribution in [2.75, 3.05) is 0 Å². The molecule has 17 heavy (non-hydrogen) atoms. The lowest BCUT2D eigenvalue weighted by molar-refractivity contribution is 0.0499. The molecule has 0 bridgehead atoms. The lowest BCUT2D eigenvalue weighted by Crippen LogP contribution is -2.18. The smallest absolute Gasteiger partial charge is 0.338 e. The van der Waals surface area contributed by atoms with Crippen LogP contribution in [0.5, 0.6) is 0 Å². The maximum absolute atomic E-state index is 13.3. The molecule has 0 saturated carbocycles. The van der Waals surface area contributed by atoms with Crippen LogP contribution in [0, 0.1) is 23.0 Å². The summed E-state index contributed by atoms with van der Waals surface area (Å²) in [7, 11) is 0. The molecule has 0 amide bonds. The second kappa shape index (κ2) is 4.86. The zero-order valence-electron chi connectivity index (χ0n) is 8.26. The molecule has 0 aromatic heterocycles. The van der Waals surface area contributed by atoms with Crippen molar-refractivity contribution in [3.63, 3.8) is 0 Å². The number of aliphatic hydroxyl groups is 2. The Morgan fingerprint density at radius 2 is 1.88 bits per heavy atom. The Bertz CT molecular complexity index is 498. The number of nitrogens with zero attached hydrogens (tertiary/aromatic N) is 1. The number of rotatable bonds is 3. The number of aliphatic hydroxyl groups excluding tert-OH is 2. The number of halogens is 2. The van der Waals surface area contributed by atoms with E-state index in [2.05, 4.69) is 0 Å². The SMILES string of the molecule is N#CC(O)C(O)c1cc(F)c(C(=O)O)cc1F. The second-order valence-electron chi connectivity index (χ2n) is 3.18. The number of carboxylic acid groups (broad SMARTS) is 1. The first-order valence-corrected chi connectivity index (χ1v) is 4.36. The van der Waals surface area contributed by atoms with Crippen molar-refractivity contribution in [1.29, 1.82) is 5.26 Å². The highest BCUT2D eigenvalue weighted by atomic mass is 19.1. The Morgan fingerprint density at radius 1 is 1.29 bits per heavy atom. The van der Waals surface area contributed by atoms with Crippen LogP contribution >= 0.6 is 0 Å². The summed E-state index contributed by atoms with van der Waals surface area (Å²) >= 11 is 0. The van der Waals surface area contributed by atoms with E-state index in [-0.39, 0.29) is 0 Å². The highest BCUT2D eigenvalue weighted by Gasteiger charge is 2.24. The maximum Gasteiger partial charge on any atom is 0.338 e. The lowest BCUT2D eigenvalue weighted by atomic mass is 10.0. The zero-order chi connectivity index (χ0) is 13.2. The molecule has 1 rings (SSSR count). The molecule has 2 atom stereocenters. The first-order valence-electron chi connectivity index (χ1n) is 4.36. The predicted octanol–water partition coefficient (Wildman–Crippen LogP) is 0.581. The van der Waals surface area contributed by atoms with Crippen LogP contribution in [0.2, 0.25) is 0 Å². The van der Waals surface area contributed by atoms with E-state index >= 15 is 0 Å². The Hall–Kier alpha value is -2.04. The Kier molecular flexibility index (Phi) is 3.73. The standard InChI is InChI=1S/C10H7F2NO4/c11-6-2-5(10(16)17)7(12)1-4(6)9(15)8(14)3-13/h1-2,8-9,14-15H,(H,16,17). The third-order valence-electron chi connectivity index (χ3n) is 2.07. The number of aromatic carboxylic acids is 1. The molecule has 5 nitrogen and oxygen atoms in total. The number of carboxylic acids is 1. The summed E-state index contributed by atoms with van der Waals surface area (Å²) in [4.78, 5) is 10.5. The van der Waals surface area contributed by atoms with Crippen LogP contribution in [0.4, 0.5) is 8.78 Å². The number of hydrogen-bond acceptors (Lipinski definition) is 4. The van der Waals surface area contributed by atoms with Crippen LogP contribution in [0.15, 0.2) is 12.1 Å². The molecule has 3 N–H and O–H groups in total. The monoisotopic (exact) mass is 243 g/mol. The first-order chi connectivity index (χ1) is 7.88. The third kappa shape index (κ3) is 2.55. The van der Waals surface area contributed by atoms with E-state index in [9.17, 15) is 18.7 Å². The van der Waals surface area contributed by atoms with Gasteiger partial charge in [0, 0.05) is 5.56 Å². The fraction of sp³-hybridized carbons (Fsp3) is 0.200. The summed E-state index contributed by atoms with van der Waals surface area (Å²) in [6.45, 7) is 0. The molecule has 0 aliphatic carbocycles. The van der Waals surface area contributed by atoms with Crippen LogP contribution in [-0.4, -0.2) is 27.4 Å². The van der Waals surface area contributed by atoms with E-state index in [0.717, 1.165) is 0 Å². The number of nitriles is 1. The highest BCUT2D eigenvalue weighted by Crippen LogP contribution is 2.23. The van der Waals surface area contributed by atoms with Crippen molar-refractivity contribution in [1.82, 2.24) is 0 Å². The van der Waals surface area contributed by atoms with Gasteiger partial charge in [-0.1, -0.05) is 0 Å². The molecule has 0 spiro atoms. The van der Waals surface area contributed by atoms with Gasteiger partial charge in [0.15, 0.2) is 6.10 Å². The van der Waals surface area contributed by atoms with Crippen molar-refractivity contribution < 1.29 is 28.9 Å². The molecule has 0 aliphatic heterocycles. The van der Waals surface area contributed by atoms with Crippen molar-refractivity contribution in [3.05, 3.63) is 34.9 Å². The molecule has 1 aromatic carbocycles. The third-order valence-corrected chi connectivity index (χ3v) is 2.07. The highest BCUT2D eigenvalue weighted by molar-refractivity contribution is 5.88. The van der Waals surface area contributed by atoms with E-state index in [0.29, 0.717) is 12.1 Å². The molecule has 0 saturated heterocycles. The average Bonchev–Trinajstić information content (AvgIpc) is 2.29. The second-order valence-corrected chi connectivity index (χ2v) is 3.18. The largest absolute Gasteiger partial charge is 0.478 e. The predicted molar refractivity (Wildman–Crippen MR) is 49.9 cm³/mol. The fourth-order valence-corrected chi connectivity index (χ4v) is 1.19. The van der Waals surface area contributed by atoms with Gasteiger partial charge in [0.05, 0.1) is 11.6 Å². The maximum atomic E-state index is 13.3. The summed E-state index contributed by atoms with van der Waals surface area (Å²) in [6.07, 6.45) is -3.88. The molecule has 0 heterocycles. The number of benzene rings is 1. The van der Waals surface area contributed by atoms with Gasteiger partial charge >= 0.3 is 5.97 Å². The summed E-state index contributed by atoms with van der Waals surface area (Å²) < 4.78 is 26.5. The summed E-state index contributed by atoms with van der Waals surface area (Å²) in [5.41, 5.74) is -1.58. The van der Waals surface area contributed by atoms with Crippen LogP contribution < -0.4 is 0 Å². The van der Waals surface area contributed by atoms with E-state index in [1.165, 1.54) is 6.07 Å². The van der Waals surface area contributed by atoms with Crippen LogP contribution in [0.25, 0.3) is 0 Å². The van der Waals surface area contributed by atoms with Gasteiger partial charge in [0.2, 0.25) is 0 Å². The van der Waals surface area contributed by atoms with Gasteiger partial charge < -0.3 is 15.3 Å². The van der Waals surface area contributed by atoms with Gasteiger partial charge in [-0.2, -0.15) is 5.26 Å². The number of hydrogen-bond donors (Lipinski definition) is 3. The summed E-state index contributed by atoms with van der Waals surface area (Å²) in [6, 6.07) is 2.06. The molecule has 90 valence electrons. The van der Waals surface area contributed by atoms with Gasteiger partial charge in [-0.05, 0) is 12.1 Å². The van der Waals surface area contributed by atoms with Gasteiger partial charge in [0.25, 0.3) is 0 Å². The van der Waals surface area contributed by atoms with Crippen LogP contribution in [0.1, 0.15) is 22.0 Å². The number of carbonyl (C=O) groups is 1. The molecule has 7 heteroatoms.